The summed E-state index contributed by atoms with van der Waals surface area (Å²) in [5, 5.41) is 14.0. The Kier molecular flexibility index (Phi) is 7.45. The van der Waals surface area contributed by atoms with Gasteiger partial charge in [0.1, 0.15) is 18.2 Å². The van der Waals surface area contributed by atoms with Crippen molar-refractivity contribution in [2.24, 2.45) is 7.05 Å². The number of amides is 3. The van der Waals surface area contributed by atoms with E-state index in [-0.39, 0.29) is 39.8 Å². The predicted octanol–water partition coefficient (Wildman–Crippen LogP) is 1.91. The quantitative estimate of drug-likeness (QED) is 0.458. The lowest BCUT2D eigenvalue weighted by atomic mass is 9.99. The van der Waals surface area contributed by atoms with E-state index in [1.807, 2.05) is 0 Å². The lowest BCUT2D eigenvalue weighted by Crippen LogP contribution is -2.48. The number of urea groups is 1. The lowest BCUT2D eigenvalue weighted by molar-refractivity contribution is -0.125. The van der Waals surface area contributed by atoms with E-state index in [9.17, 15) is 18.4 Å². The summed E-state index contributed by atoms with van der Waals surface area (Å²) in [5.41, 5.74) is 4.54. The summed E-state index contributed by atoms with van der Waals surface area (Å²) >= 11 is 6.01. The maximum atomic E-state index is 14.9. The molecule has 0 unspecified atom stereocenters. The Bertz CT molecular complexity index is 1190. The van der Waals surface area contributed by atoms with E-state index in [4.69, 9.17) is 11.6 Å². The summed E-state index contributed by atoms with van der Waals surface area (Å²) in [6, 6.07) is 2.00. The number of benzene rings is 1. The van der Waals surface area contributed by atoms with Crippen LogP contribution in [0.25, 0.3) is 22.5 Å². The first-order chi connectivity index (χ1) is 15.7. The van der Waals surface area contributed by atoms with E-state index < -0.39 is 29.6 Å². The number of carbonyl (C=O) groups excluding carboxylic acids is 2. The first-order valence-electron chi connectivity index (χ1n) is 9.43. The molecule has 0 radical (unpaired) electrons. The summed E-state index contributed by atoms with van der Waals surface area (Å²) in [6.45, 7) is 1.25. The molecule has 1 aromatic carbocycles. The van der Waals surface area contributed by atoms with E-state index in [1.54, 1.807) is 0 Å². The van der Waals surface area contributed by atoms with Crippen molar-refractivity contribution < 1.29 is 23.1 Å². The van der Waals surface area contributed by atoms with Gasteiger partial charge in [0.15, 0.2) is 0 Å². The van der Waals surface area contributed by atoms with Gasteiger partial charge in [-0.25, -0.2) is 19.0 Å². The van der Waals surface area contributed by atoms with Crippen molar-refractivity contribution in [1.29, 1.82) is 0 Å². The van der Waals surface area contributed by atoms with Crippen LogP contribution in [-0.2, 0) is 16.6 Å². The number of nitrogens with zero attached hydrogens (tertiary/aromatic N) is 5. The minimum atomic E-state index is -0.865. The predicted molar refractivity (Wildman–Crippen MR) is 112 cm³/mol. The van der Waals surface area contributed by atoms with E-state index in [2.05, 4.69) is 41.3 Å². The molecule has 3 aromatic rings. The highest BCUT2D eigenvalue weighted by Crippen LogP contribution is 2.35. The molecule has 2 aromatic heterocycles. The molecule has 2 heterocycles. The molecular weight excluding hydrogens is 462 g/mol. The molecule has 11 nitrogen and oxygen atoms in total. The smallest absolute Gasteiger partial charge is 0.334 e. The molecule has 0 bridgehead atoms. The molecule has 0 spiro atoms. The molecule has 3 amide bonds. The number of carbonyl (C=O) groups is 2. The highest BCUT2D eigenvalue weighted by atomic mass is 35.5. The molecule has 14 heteroatoms. The highest BCUT2D eigenvalue weighted by Gasteiger charge is 2.21. The van der Waals surface area contributed by atoms with E-state index >= 15 is 0 Å². The monoisotopic (exact) mass is 480 g/mol. The zero-order valence-corrected chi connectivity index (χ0v) is 18.4. The van der Waals surface area contributed by atoms with E-state index in [1.165, 1.54) is 33.3 Å². The number of ether oxygens (including phenoxy) is 1. The van der Waals surface area contributed by atoms with Gasteiger partial charge in [0.2, 0.25) is 5.82 Å². The highest BCUT2D eigenvalue weighted by molar-refractivity contribution is 6.31. The van der Waals surface area contributed by atoms with Crippen LogP contribution in [0, 0.1) is 11.6 Å². The third kappa shape index (κ3) is 5.75. The van der Waals surface area contributed by atoms with Crippen molar-refractivity contribution in [2.75, 3.05) is 13.7 Å². The molecule has 0 aliphatic rings. The molecule has 1 atom stereocenters. The fraction of sp³-hybridized carbons (Fsp3) is 0.263. The van der Waals surface area contributed by atoms with Crippen LogP contribution >= 0.6 is 11.6 Å². The number of pyridine rings is 1. The second-order valence-corrected chi connectivity index (χ2v) is 7.24. The Morgan fingerprint density at radius 1 is 1.21 bits per heavy atom. The van der Waals surface area contributed by atoms with Crippen LogP contribution in [0.2, 0.25) is 5.02 Å². The standard InChI is InChI=1S/C19H19ClF2N8O3/c1-9(24-19(32)27-25-15(31)8-33-3)17-14(22)4-10(7-23-17)12-5-11(20)6-13(21)16(12)18-26-29-30(2)28-18/h4-7,9H,8H2,1-3H3,(H,25,31)(H2,24,27,32)/t9-/m1/s1. The number of nitrogens with one attached hydrogen (secondary N) is 3. The number of aromatic nitrogens is 5. The van der Waals surface area contributed by atoms with Gasteiger partial charge in [-0.1, -0.05) is 11.6 Å². The van der Waals surface area contributed by atoms with Crippen LogP contribution in [0.15, 0.2) is 24.4 Å². The van der Waals surface area contributed by atoms with E-state index in [0.29, 0.717) is 0 Å². The molecule has 0 saturated carbocycles. The third-order valence-corrected chi connectivity index (χ3v) is 4.53. The zero-order valence-electron chi connectivity index (χ0n) is 17.7. The lowest BCUT2D eigenvalue weighted by Gasteiger charge is -2.16. The second kappa shape index (κ2) is 10.3. The maximum absolute atomic E-state index is 14.9. The Labute approximate surface area is 191 Å². The van der Waals surface area contributed by atoms with Crippen molar-refractivity contribution in [3.63, 3.8) is 0 Å². The molecule has 3 N–H and O–H groups in total. The SMILES string of the molecule is COCC(=O)NNC(=O)N[C@H](C)c1ncc(-c2cc(Cl)cc(F)c2-c2nnn(C)n2)cc1F. The molecule has 174 valence electrons. The summed E-state index contributed by atoms with van der Waals surface area (Å²) in [4.78, 5) is 28.5. The van der Waals surface area contributed by atoms with Gasteiger partial charge in [0.25, 0.3) is 5.91 Å². The topological polar surface area (TPSA) is 136 Å². The van der Waals surface area contributed by atoms with Crippen molar-refractivity contribution in [2.45, 2.75) is 13.0 Å². The zero-order chi connectivity index (χ0) is 24.1. The van der Waals surface area contributed by atoms with Gasteiger partial charge < -0.3 is 10.1 Å². The molecule has 0 saturated heterocycles. The van der Waals surface area contributed by atoms with Crippen LogP contribution in [0.1, 0.15) is 18.7 Å². The molecule has 33 heavy (non-hydrogen) atoms. The first kappa shape index (κ1) is 23.9. The Morgan fingerprint density at radius 3 is 2.61 bits per heavy atom. The van der Waals surface area contributed by atoms with Gasteiger partial charge in [-0.2, -0.15) is 4.80 Å². The minimum absolute atomic E-state index is 0.00613. The van der Waals surface area contributed by atoms with Crippen LogP contribution in [-0.4, -0.2) is 50.8 Å². The second-order valence-electron chi connectivity index (χ2n) is 6.81. The summed E-state index contributed by atoms with van der Waals surface area (Å²) in [6.07, 6.45) is 1.31. The molecule has 0 aliphatic carbocycles. The Morgan fingerprint density at radius 2 is 1.97 bits per heavy atom. The molecule has 0 aliphatic heterocycles. The van der Waals surface area contributed by atoms with Gasteiger partial charge in [-0.05, 0) is 35.9 Å². The van der Waals surface area contributed by atoms with Gasteiger partial charge in [-0.15, -0.1) is 10.2 Å². The van der Waals surface area contributed by atoms with Crippen molar-refractivity contribution in [3.8, 4) is 22.5 Å². The Hall–Kier alpha value is -3.71. The average molecular weight is 481 g/mol. The first-order valence-corrected chi connectivity index (χ1v) is 9.81. The molecular formula is C19H19ClF2N8O3. The van der Waals surface area contributed by atoms with Crippen LogP contribution in [0.5, 0.6) is 0 Å². The largest absolute Gasteiger partial charge is 0.375 e. The number of rotatable bonds is 6. The van der Waals surface area contributed by atoms with Gasteiger partial charge in [-0.3, -0.25) is 15.2 Å². The summed E-state index contributed by atoms with van der Waals surface area (Å²) in [5.74, 6) is -2.05. The molecule has 3 rings (SSSR count). The van der Waals surface area contributed by atoms with Crippen LogP contribution in [0.3, 0.4) is 0 Å². The van der Waals surface area contributed by atoms with Crippen LogP contribution < -0.4 is 16.2 Å². The van der Waals surface area contributed by atoms with Gasteiger partial charge in [0, 0.05) is 23.9 Å². The number of aryl methyl sites for hydroxylation is 1. The fourth-order valence-corrected chi connectivity index (χ4v) is 3.13. The summed E-state index contributed by atoms with van der Waals surface area (Å²) in [7, 11) is 2.85. The van der Waals surface area contributed by atoms with Crippen molar-refractivity contribution in [3.05, 3.63) is 46.7 Å². The van der Waals surface area contributed by atoms with Crippen LogP contribution in [0.4, 0.5) is 13.6 Å². The van der Waals surface area contributed by atoms with Crippen molar-refractivity contribution >= 4 is 23.5 Å². The average Bonchev–Trinajstić information content (AvgIpc) is 3.17. The molecule has 0 fully saturated rings. The number of methoxy groups -OCH3 is 1. The number of hydrazine groups is 1. The van der Waals surface area contributed by atoms with Gasteiger partial charge in [0.05, 0.1) is 24.3 Å². The summed E-state index contributed by atoms with van der Waals surface area (Å²) < 4.78 is 34.2. The van der Waals surface area contributed by atoms with Crippen molar-refractivity contribution in [1.82, 2.24) is 41.4 Å². The number of halogens is 3. The van der Waals surface area contributed by atoms with E-state index in [0.717, 1.165) is 16.9 Å². The Balaban J connectivity index is 1.84. The maximum Gasteiger partial charge on any atom is 0.334 e. The third-order valence-electron chi connectivity index (χ3n) is 4.32. The number of tetrazole rings is 1. The van der Waals surface area contributed by atoms with Gasteiger partial charge >= 0.3 is 6.03 Å². The fourth-order valence-electron chi connectivity index (χ4n) is 2.92. The number of hydrogen-bond donors (Lipinski definition) is 3. The number of hydrogen-bond acceptors (Lipinski definition) is 7. The normalized spacial score (nSPS) is 11.7. The minimum Gasteiger partial charge on any atom is -0.375 e.